The van der Waals surface area contributed by atoms with E-state index in [1.165, 1.54) is 12.3 Å². The summed E-state index contributed by atoms with van der Waals surface area (Å²) < 4.78 is 40.5. The number of hydrogen-bond donors (Lipinski definition) is 2. The van der Waals surface area contributed by atoms with Gasteiger partial charge in [0.15, 0.2) is 11.5 Å². The van der Waals surface area contributed by atoms with Gasteiger partial charge in [0.2, 0.25) is 0 Å². The molecule has 0 saturated heterocycles. The SMILES string of the molecule is COc1cc2nccc(Oc3ccc(NS(N)(=O)=O)nc3)c2cc1OC. The molecule has 0 spiro atoms. The highest BCUT2D eigenvalue weighted by Crippen LogP contribution is 2.36. The lowest BCUT2D eigenvalue weighted by molar-refractivity contribution is 0.355. The van der Waals surface area contributed by atoms with Crippen LogP contribution in [0.15, 0.2) is 42.7 Å². The van der Waals surface area contributed by atoms with Crippen molar-refractivity contribution in [3.05, 3.63) is 42.7 Å². The largest absolute Gasteiger partial charge is 0.493 e. The molecule has 0 saturated carbocycles. The van der Waals surface area contributed by atoms with Gasteiger partial charge in [-0.3, -0.25) is 9.71 Å². The first-order valence-corrected chi connectivity index (χ1v) is 8.89. The lowest BCUT2D eigenvalue weighted by Gasteiger charge is -2.12. The number of nitrogens with two attached hydrogens (primary N) is 1. The molecule has 0 radical (unpaired) electrons. The molecule has 0 amide bonds. The third-order valence-electron chi connectivity index (χ3n) is 3.42. The minimum atomic E-state index is -3.88. The summed E-state index contributed by atoms with van der Waals surface area (Å²) in [6, 6.07) is 8.21. The van der Waals surface area contributed by atoms with Crippen molar-refractivity contribution in [2.75, 3.05) is 18.9 Å². The summed E-state index contributed by atoms with van der Waals surface area (Å²) >= 11 is 0. The molecule has 2 heterocycles. The number of anilines is 1. The molecule has 0 bridgehead atoms. The van der Waals surface area contributed by atoms with Gasteiger partial charge >= 0.3 is 0 Å². The van der Waals surface area contributed by atoms with Crippen molar-refractivity contribution < 1.29 is 22.6 Å². The van der Waals surface area contributed by atoms with Crippen molar-refractivity contribution in [3.8, 4) is 23.0 Å². The van der Waals surface area contributed by atoms with Crippen LogP contribution in [0.4, 0.5) is 5.82 Å². The van der Waals surface area contributed by atoms with E-state index >= 15 is 0 Å². The van der Waals surface area contributed by atoms with Crippen molar-refractivity contribution in [2.24, 2.45) is 5.14 Å². The first kappa shape index (κ1) is 17.7. The Morgan fingerprint density at radius 2 is 1.73 bits per heavy atom. The topological polar surface area (TPSA) is 126 Å². The first-order chi connectivity index (χ1) is 12.4. The molecule has 0 aliphatic rings. The Kier molecular flexibility index (Phi) is 4.78. The molecule has 0 fully saturated rings. The van der Waals surface area contributed by atoms with Crippen LogP contribution in [0.3, 0.4) is 0 Å². The molecule has 3 rings (SSSR count). The molecule has 3 N–H and O–H groups in total. The standard InChI is InChI=1S/C16H16N4O5S/c1-23-14-7-11-12(8-15(14)24-2)18-6-5-13(11)25-10-3-4-16(19-9-10)20-26(17,21)22/h3-9H,1-2H3,(H,19,20)(H2,17,21,22). The molecule has 26 heavy (non-hydrogen) atoms. The van der Waals surface area contributed by atoms with Crippen molar-refractivity contribution in [1.82, 2.24) is 9.97 Å². The molecule has 2 aromatic heterocycles. The van der Waals surface area contributed by atoms with Gasteiger partial charge in [-0.05, 0) is 24.3 Å². The normalized spacial score (nSPS) is 11.2. The second-order valence-corrected chi connectivity index (χ2v) is 6.46. The number of hydrogen-bond acceptors (Lipinski definition) is 7. The van der Waals surface area contributed by atoms with Crippen molar-refractivity contribution >= 4 is 26.9 Å². The molecule has 0 atom stereocenters. The van der Waals surface area contributed by atoms with E-state index in [-0.39, 0.29) is 5.82 Å². The van der Waals surface area contributed by atoms with Gasteiger partial charge in [0.05, 0.1) is 25.9 Å². The number of ether oxygens (including phenoxy) is 3. The fourth-order valence-corrected chi connectivity index (χ4v) is 2.72. The Balaban J connectivity index is 1.93. The van der Waals surface area contributed by atoms with Gasteiger partial charge in [-0.25, -0.2) is 10.1 Å². The van der Waals surface area contributed by atoms with Crippen LogP contribution in [0.5, 0.6) is 23.0 Å². The minimum Gasteiger partial charge on any atom is -0.493 e. The third-order valence-corrected chi connectivity index (χ3v) is 3.91. The highest BCUT2D eigenvalue weighted by atomic mass is 32.2. The number of fused-ring (bicyclic) bond motifs is 1. The van der Waals surface area contributed by atoms with Crippen LogP contribution in [0.2, 0.25) is 0 Å². The van der Waals surface area contributed by atoms with Gasteiger partial charge < -0.3 is 14.2 Å². The first-order valence-electron chi connectivity index (χ1n) is 7.35. The van der Waals surface area contributed by atoms with Crippen LogP contribution in [0.25, 0.3) is 10.9 Å². The average molecular weight is 376 g/mol. The summed E-state index contributed by atoms with van der Waals surface area (Å²) in [5.41, 5.74) is 0.667. The quantitative estimate of drug-likeness (QED) is 0.674. The summed E-state index contributed by atoms with van der Waals surface area (Å²) in [7, 11) is -0.788. The van der Waals surface area contributed by atoms with E-state index in [4.69, 9.17) is 19.3 Å². The third kappa shape index (κ3) is 3.92. The van der Waals surface area contributed by atoms with Crippen molar-refractivity contribution in [3.63, 3.8) is 0 Å². The number of nitrogens with one attached hydrogen (secondary N) is 1. The Bertz CT molecular complexity index is 1040. The zero-order valence-corrected chi connectivity index (χ0v) is 14.8. The smallest absolute Gasteiger partial charge is 0.297 e. The van der Waals surface area contributed by atoms with Gasteiger partial charge in [-0.2, -0.15) is 8.42 Å². The van der Waals surface area contributed by atoms with Gasteiger partial charge in [0.1, 0.15) is 17.3 Å². The Morgan fingerprint density at radius 3 is 2.35 bits per heavy atom. The number of aromatic nitrogens is 2. The lowest BCUT2D eigenvalue weighted by atomic mass is 10.2. The number of methoxy groups -OCH3 is 2. The molecule has 9 nitrogen and oxygen atoms in total. The number of pyridine rings is 2. The van der Waals surface area contributed by atoms with Gasteiger partial charge in [-0.15, -0.1) is 0 Å². The van der Waals surface area contributed by atoms with E-state index in [2.05, 4.69) is 14.7 Å². The van der Waals surface area contributed by atoms with Crippen LogP contribution >= 0.6 is 0 Å². The predicted molar refractivity (Wildman–Crippen MR) is 95.9 cm³/mol. The fourth-order valence-electron chi connectivity index (χ4n) is 2.31. The maximum atomic E-state index is 11.0. The molecule has 136 valence electrons. The van der Waals surface area contributed by atoms with E-state index in [0.29, 0.717) is 28.5 Å². The number of rotatable bonds is 6. The molecule has 10 heteroatoms. The summed E-state index contributed by atoms with van der Waals surface area (Å²) in [5, 5.41) is 5.62. The number of benzene rings is 1. The van der Waals surface area contributed by atoms with Crippen LogP contribution in [-0.2, 0) is 10.2 Å². The molecule has 0 aliphatic carbocycles. The van der Waals surface area contributed by atoms with Crippen molar-refractivity contribution in [1.29, 1.82) is 0 Å². The summed E-state index contributed by atoms with van der Waals surface area (Å²) in [6.45, 7) is 0. The molecular formula is C16H16N4O5S. The van der Waals surface area contributed by atoms with E-state index in [9.17, 15) is 8.42 Å². The maximum absolute atomic E-state index is 11.0. The molecule has 0 aliphatic heterocycles. The fraction of sp³-hybridized carbons (Fsp3) is 0.125. The highest BCUT2D eigenvalue weighted by Gasteiger charge is 2.11. The van der Waals surface area contributed by atoms with Crippen LogP contribution in [-0.4, -0.2) is 32.6 Å². The van der Waals surface area contributed by atoms with E-state index in [1.807, 2.05) is 0 Å². The number of nitrogens with zero attached hydrogens (tertiary/aromatic N) is 2. The predicted octanol–water partition coefficient (Wildman–Crippen LogP) is 2.05. The summed E-state index contributed by atoms with van der Waals surface area (Å²) in [5.74, 6) is 2.14. The van der Waals surface area contributed by atoms with Gasteiger partial charge in [0, 0.05) is 17.6 Å². The van der Waals surface area contributed by atoms with Gasteiger partial charge in [0.25, 0.3) is 10.2 Å². The average Bonchev–Trinajstić information content (AvgIpc) is 2.61. The zero-order valence-electron chi connectivity index (χ0n) is 14.0. The second kappa shape index (κ2) is 7.02. The van der Waals surface area contributed by atoms with Gasteiger partial charge in [-0.1, -0.05) is 0 Å². The molecular weight excluding hydrogens is 360 g/mol. The lowest BCUT2D eigenvalue weighted by Crippen LogP contribution is -2.22. The van der Waals surface area contributed by atoms with Crippen LogP contribution < -0.4 is 24.1 Å². The Labute approximate surface area is 149 Å². The summed E-state index contributed by atoms with van der Waals surface area (Å²) in [6.07, 6.45) is 2.98. The second-order valence-electron chi connectivity index (χ2n) is 5.16. The maximum Gasteiger partial charge on any atom is 0.297 e. The summed E-state index contributed by atoms with van der Waals surface area (Å²) in [4.78, 5) is 8.25. The minimum absolute atomic E-state index is 0.0887. The Morgan fingerprint density at radius 1 is 1.00 bits per heavy atom. The van der Waals surface area contributed by atoms with E-state index < -0.39 is 10.2 Å². The van der Waals surface area contributed by atoms with E-state index in [1.54, 1.807) is 44.7 Å². The van der Waals surface area contributed by atoms with Crippen LogP contribution in [0, 0.1) is 0 Å². The molecule has 1 aromatic carbocycles. The van der Waals surface area contributed by atoms with E-state index in [0.717, 1.165) is 5.39 Å². The molecule has 3 aromatic rings. The van der Waals surface area contributed by atoms with Crippen molar-refractivity contribution in [2.45, 2.75) is 0 Å². The zero-order chi connectivity index (χ0) is 18.7. The van der Waals surface area contributed by atoms with Crippen LogP contribution in [0.1, 0.15) is 0 Å². The monoisotopic (exact) mass is 376 g/mol. The highest BCUT2D eigenvalue weighted by molar-refractivity contribution is 7.90. The molecule has 0 unspecified atom stereocenters. The Hall–Kier alpha value is -3.11.